The molecule has 4 aromatic rings. The topological polar surface area (TPSA) is 48.2 Å². The molecule has 0 spiro atoms. The number of rotatable bonds is 4. The van der Waals surface area contributed by atoms with Crippen molar-refractivity contribution in [1.82, 2.24) is 10.2 Å². The van der Waals surface area contributed by atoms with Crippen LogP contribution in [0.1, 0.15) is 11.5 Å². The minimum Gasteiger partial charge on any atom is -0.497 e. The molecule has 0 aliphatic carbocycles. The molecule has 1 heterocycles. The van der Waals surface area contributed by atoms with Crippen molar-refractivity contribution >= 4 is 22.9 Å². The Morgan fingerprint density at radius 3 is 2.46 bits per heavy atom. The Hall–Kier alpha value is -3.47. The first kappa shape index (κ1) is 16.0. The highest BCUT2D eigenvalue weighted by Gasteiger charge is 2.08. The molecular weight excluding hydrogens is 331 g/mol. The fourth-order valence-corrected chi connectivity index (χ4v) is 2.64. The van der Waals surface area contributed by atoms with Gasteiger partial charge in [-0.2, -0.15) is 0 Å². The van der Waals surface area contributed by atoms with Crippen molar-refractivity contribution in [3.63, 3.8) is 0 Å². The van der Waals surface area contributed by atoms with Gasteiger partial charge in [-0.25, -0.2) is 4.39 Å². The molecule has 0 radical (unpaired) electrons. The number of aromatic nitrogens is 2. The van der Waals surface area contributed by atoms with Crippen LogP contribution < -0.4 is 4.74 Å². The molecule has 128 valence electrons. The number of benzene rings is 3. The zero-order valence-electron chi connectivity index (χ0n) is 14.0. The summed E-state index contributed by atoms with van der Waals surface area (Å²) in [5.74, 6) is 1.38. The Kier molecular flexibility index (Phi) is 4.19. The van der Waals surface area contributed by atoms with Crippen LogP contribution in [0.4, 0.5) is 4.39 Å². The predicted octanol–water partition coefficient (Wildman–Crippen LogP) is 5.21. The van der Waals surface area contributed by atoms with E-state index in [9.17, 15) is 4.39 Å². The van der Waals surface area contributed by atoms with Gasteiger partial charge in [0.1, 0.15) is 11.6 Å². The van der Waals surface area contributed by atoms with Crippen LogP contribution in [0.3, 0.4) is 0 Å². The monoisotopic (exact) mass is 346 g/mol. The Balaban J connectivity index is 1.59. The van der Waals surface area contributed by atoms with Crippen molar-refractivity contribution < 1.29 is 13.5 Å². The van der Waals surface area contributed by atoms with Gasteiger partial charge in [0.05, 0.1) is 7.11 Å². The van der Waals surface area contributed by atoms with E-state index in [1.54, 1.807) is 31.4 Å². The molecule has 1 aromatic heterocycles. The summed E-state index contributed by atoms with van der Waals surface area (Å²) in [4.78, 5) is 0. The minimum absolute atomic E-state index is 0.267. The van der Waals surface area contributed by atoms with Gasteiger partial charge in [-0.3, -0.25) is 0 Å². The van der Waals surface area contributed by atoms with E-state index in [1.165, 1.54) is 12.1 Å². The highest BCUT2D eigenvalue weighted by atomic mass is 19.1. The fraction of sp³-hybridized carbons (Fsp3) is 0.0476. The summed E-state index contributed by atoms with van der Waals surface area (Å²) >= 11 is 0. The van der Waals surface area contributed by atoms with E-state index >= 15 is 0 Å². The first-order chi connectivity index (χ1) is 12.7. The molecule has 0 saturated carbocycles. The van der Waals surface area contributed by atoms with Crippen LogP contribution in [0.2, 0.25) is 0 Å². The molecular formula is C21H15FN2O2. The van der Waals surface area contributed by atoms with E-state index in [-0.39, 0.29) is 5.82 Å². The van der Waals surface area contributed by atoms with Crippen LogP contribution in [0.5, 0.6) is 5.75 Å². The van der Waals surface area contributed by atoms with E-state index in [0.717, 1.165) is 27.6 Å². The molecule has 0 unspecified atom stereocenters. The molecule has 4 nitrogen and oxygen atoms in total. The average molecular weight is 346 g/mol. The van der Waals surface area contributed by atoms with Gasteiger partial charge >= 0.3 is 0 Å². The van der Waals surface area contributed by atoms with Gasteiger partial charge in [0.25, 0.3) is 0 Å². The molecule has 0 aliphatic rings. The van der Waals surface area contributed by atoms with Crippen LogP contribution in [0.25, 0.3) is 34.4 Å². The highest BCUT2D eigenvalue weighted by Crippen LogP contribution is 2.26. The van der Waals surface area contributed by atoms with Gasteiger partial charge < -0.3 is 9.15 Å². The fourth-order valence-electron chi connectivity index (χ4n) is 2.64. The van der Waals surface area contributed by atoms with E-state index in [4.69, 9.17) is 9.15 Å². The van der Waals surface area contributed by atoms with E-state index in [2.05, 4.69) is 10.2 Å². The third kappa shape index (κ3) is 3.32. The van der Waals surface area contributed by atoms with Crippen LogP contribution >= 0.6 is 0 Å². The second kappa shape index (κ2) is 6.80. The van der Waals surface area contributed by atoms with Crippen molar-refractivity contribution in [3.05, 3.63) is 77.9 Å². The summed E-state index contributed by atoms with van der Waals surface area (Å²) in [6.45, 7) is 0. The number of hydrogen-bond acceptors (Lipinski definition) is 4. The van der Waals surface area contributed by atoms with Gasteiger partial charge in [0.15, 0.2) is 0 Å². The van der Waals surface area contributed by atoms with Gasteiger partial charge in [0.2, 0.25) is 11.8 Å². The number of ether oxygens (including phenoxy) is 1. The summed E-state index contributed by atoms with van der Waals surface area (Å²) in [5, 5.41) is 10.3. The number of fused-ring (bicyclic) bond motifs is 1. The molecule has 0 atom stereocenters. The lowest BCUT2D eigenvalue weighted by Crippen LogP contribution is -1.83. The van der Waals surface area contributed by atoms with Gasteiger partial charge in [0, 0.05) is 11.6 Å². The first-order valence-corrected chi connectivity index (χ1v) is 8.06. The SMILES string of the molecule is COc1ccc2cc(-c3nnc(/C=C/c4ccc(F)cc4)o3)ccc2c1. The Bertz CT molecular complexity index is 1080. The van der Waals surface area contributed by atoms with Gasteiger partial charge in [-0.05, 0) is 58.8 Å². The zero-order chi connectivity index (χ0) is 17.9. The number of nitrogens with zero attached hydrogens (tertiary/aromatic N) is 2. The van der Waals surface area contributed by atoms with Gasteiger partial charge in [-0.15, -0.1) is 10.2 Å². The lowest BCUT2D eigenvalue weighted by Gasteiger charge is -2.03. The van der Waals surface area contributed by atoms with Crippen molar-refractivity contribution in [2.75, 3.05) is 7.11 Å². The molecule has 0 bridgehead atoms. The average Bonchev–Trinajstić information content (AvgIpc) is 3.16. The second-order valence-electron chi connectivity index (χ2n) is 5.76. The maximum Gasteiger partial charge on any atom is 0.248 e. The first-order valence-electron chi connectivity index (χ1n) is 8.06. The van der Waals surface area contributed by atoms with E-state index in [0.29, 0.717) is 11.8 Å². The largest absolute Gasteiger partial charge is 0.497 e. The maximum absolute atomic E-state index is 12.9. The van der Waals surface area contributed by atoms with Crippen molar-refractivity contribution in [2.45, 2.75) is 0 Å². The normalized spacial score (nSPS) is 11.3. The van der Waals surface area contributed by atoms with Crippen molar-refractivity contribution in [2.24, 2.45) is 0 Å². The summed E-state index contributed by atoms with van der Waals surface area (Å²) in [6.07, 6.45) is 3.50. The number of hydrogen-bond donors (Lipinski definition) is 0. The van der Waals surface area contributed by atoms with Crippen LogP contribution in [-0.2, 0) is 0 Å². The smallest absolute Gasteiger partial charge is 0.248 e. The zero-order valence-corrected chi connectivity index (χ0v) is 14.0. The van der Waals surface area contributed by atoms with Crippen LogP contribution in [0, 0.1) is 5.82 Å². The highest BCUT2D eigenvalue weighted by molar-refractivity contribution is 5.87. The summed E-state index contributed by atoms with van der Waals surface area (Å²) in [5.41, 5.74) is 1.70. The third-order valence-corrected chi connectivity index (χ3v) is 4.02. The van der Waals surface area contributed by atoms with Crippen molar-refractivity contribution in [1.29, 1.82) is 0 Å². The van der Waals surface area contributed by atoms with E-state index < -0.39 is 0 Å². The molecule has 26 heavy (non-hydrogen) atoms. The maximum atomic E-state index is 12.9. The summed E-state index contributed by atoms with van der Waals surface area (Å²) < 4.78 is 23.9. The standard InChI is InChI=1S/C21H15FN2O2/c1-25-19-10-7-15-12-17(6-5-16(15)13-19)21-24-23-20(26-21)11-4-14-2-8-18(22)9-3-14/h2-13H,1H3/b11-4+. The van der Waals surface area contributed by atoms with Gasteiger partial charge in [-0.1, -0.05) is 24.3 Å². The Morgan fingerprint density at radius 2 is 1.65 bits per heavy atom. The van der Waals surface area contributed by atoms with Crippen LogP contribution in [-0.4, -0.2) is 17.3 Å². The third-order valence-electron chi connectivity index (χ3n) is 4.02. The molecule has 5 heteroatoms. The lowest BCUT2D eigenvalue weighted by atomic mass is 10.1. The second-order valence-corrected chi connectivity index (χ2v) is 5.76. The van der Waals surface area contributed by atoms with E-state index in [1.807, 2.05) is 36.4 Å². The molecule has 4 rings (SSSR count). The molecule has 0 fully saturated rings. The molecule has 0 saturated heterocycles. The molecule has 0 aliphatic heterocycles. The predicted molar refractivity (Wildman–Crippen MR) is 99.1 cm³/mol. The molecule has 0 N–H and O–H groups in total. The molecule has 0 amide bonds. The van der Waals surface area contributed by atoms with Crippen molar-refractivity contribution in [3.8, 4) is 17.2 Å². The Labute approximate surface area is 149 Å². The summed E-state index contributed by atoms with van der Waals surface area (Å²) in [7, 11) is 1.65. The Morgan fingerprint density at radius 1 is 0.885 bits per heavy atom. The number of methoxy groups -OCH3 is 1. The lowest BCUT2D eigenvalue weighted by molar-refractivity contribution is 0.415. The molecule has 3 aromatic carbocycles. The van der Waals surface area contributed by atoms with Crippen LogP contribution in [0.15, 0.2) is 65.1 Å². The summed E-state index contributed by atoms with van der Waals surface area (Å²) in [6, 6.07) is 18.0. The number of halogens is 1. The minimum atomic E-state index is -0.267. The quantitative estimate of drug-likeness (QED) is 0.509.